The summed E-state index contributed by atoms with van der Waals surface area (Å²) in [6.07, 6.45) is 3.75. The second kappa shape index (κ2) is 7.55. The van der Waals surface area contributed by atoms with Gasteiger partial charge in [0.1, 0.15) is 16.7 Å². The van der Waals surface area contributed by atoms with Crippen molar-refractivity contribution in [2.75, 3.05) is 19.6 Å². The second-order valence-electron chi connectivity index (χ2n) is 6.93. The number of aliphatic imine (C=N–C) groups is 2. The third-order valence-corrected chi connectivity index (χ3v) is 5.40. The van der Waals surface area contributed by atoms with Crippen molar-refractivity contribution < 1.29 is 0 Å². The highest BCUT2D eigenvalue weighted by atomic mass is 35.5. The molecular formula is C18H24ClN7. The van der Waals surface area contributed by atoms with Gasteiger partial charge < -0.3 is 10.6 Å². The van der Waals surface area contributed by atoms with Crippen LogP contribution in [0.25, 0.3) is 11.3 Å². The molecule has 0 unspecified atom stereocenters. The van der Waals surface area contributed by atoms with E-state index in [1.807, 2.05) is 19.1 Å². The third-order valence-electron chi connectivity index (χ3n) is 5.10. The number of hydrogen-bond acceptors (Lipinski definition) is 5. The number of halogens is 1. The van der Waals surface area contributed by atoms with Crippen LogP contribution in [0, 0.1) is 5.41 Å². The lowest BCUT2D eigenvalue weighted by Gasteiger charge is -2.39. The lowest BCUT2D eigenvalue weighted by atomic mass is 9.80. The van der Waals surface area contributed by atoms with Crippen LogP contribution in [0.3, 0.4) is 0 Å². The zero-order chi connectivity index (χ0) is 18.7. The molecule has 1 aliphatic rings. The molecule has 3 heterocycles. The number of nitrogens with two attached hydrogens (primary N) is 1. The number of nitrogens with zero attached hydrogens (tertiary/aromatic N) is 5. The first-order chi connectivity index (χ1) is 12.5. The van der Waals surface area contributed by atoms with Gasteiger partial charge in [-0.05, 0) is 50.6 Å². The molecule has 3 N–H and O–H groups in total. The van der Waals surface area contributed by atoms with E-state index in [-0.39, 0.29) is 5.41 Å². The third kappa shape index (κ3) is 3.64. The van der Waals surface area contributed by atoms with Gasteiger partial charge in [-0.1, -0.05) is 18.5 Å². The predicted octanol–water partition coefficient (Wildman–Crippen LogP) is 3.57. The van der Waals surface area contributed by atoms with Crippen molar-refractivity contribution >= 4 is 35.7 Å². The summed E-state index contributed by atoms with van der Waals surface area (Å²) in [4.78, 5) is 15.1. The second-order valence-corrected chi connectivity index (χ2v) is 7.29. The summed E-state index contributed by atoms with van der Waals surface area (Å²) in [5.41, 5.74) is 8.08. The Morgan fingerprint density at radius 1 is 1.46 bits per heavy atom. The van der Waals surface area contributed by atoms with Gasteiger partial charge in [-0.3, -0.25) is 10.1 Å². The Morgan fingerprint density at radius 3 is 2.81 bits per heavy atom. The first-order valence-electron chi connectivity index (χ1n) is 8.64. The summed E-state index contributed by atoms with van der Waals surface area (Å²) in [7, 11) is 0. The molecule has 0 spiro atoms. The Morgan fingerprint density at radius 2 is 2.19 bits per heavy atom. The summed E-state index contributed by atoms with van der Waals surface area (Å²) >= 11 is 6.19. The van der Waals surface area contributed by atoms with Gasteiger partial charge >= 0.3 is 0 Å². The quantitative estimate of drug-likeness (QED) is 0.486. The maximum Gasteiger partial charge on any atom is 0.201 e. The minimum Gasteiger partial charge on any atom is -0.360 e. The molecule has 1 aliphatic heterocycles. The fourth-order valence-corrected chi connectivity index (χ4v) is 3.33. The van der Waals surface area contributed by atoms with Crippen LogP contribution >= 0.6 is 11.6 Å². The molecule has 0 saturated carbocycles. The standard InChI is InChI=1S/C18H24ClN7/c1-12(26-9-6-18(2,11-20)7-10-26)23-17-15(21-3)14(24-25-17)13-5-4-8-22-16(13)19/h4-5,8H,3,6-7,9-11,20H2,1-2H3,(H,24,25). The van der Waals surface area contributed by atoms with E-state index < -0.39 is 0 Å². The number of H-pyrrole nitrogens is 1. The van der Waals surface area contributed by atoms with Crippen LogP contribution in [0.2, 0.25) is 5.15 Å². The van der Waals surface area contributed by atoms with Crippen molar-refractivity contribution in [3.63, 3.8) is 0 Å². The Balaban J connectivity index is 1.85. The predicted molar refractivity (Wildman–Crippen MR) is 107 cm³/mol. The Labute approximate surface area is 158 Å². The van der Waals surface area contributed by atoms with Gasteiger partial charge in [0, 0.05) is 24.8 Å². The van der Waals surface area contributed by atoms with E-state index >= 15 is 0 Å². The monoisotopic (exact) mass is 373 g/mol. The van der Waals surface area contributed by atoms with E-state index in [0.717, 1.165) is 43.9 Å². The number of nitrogens with one attached hydrogen (secondary N) is 1. The van der Waals surface area contributed by atoms with Gasteiger partial charge in [0.2, 0.25) is 5.82 Å². The molecule has 0 aliphatic carbocycles. The van der Waals surface area contributed by atoms with Gasteiger partial charge in [-0.15, -0.1) is 0 Å². The van der Waals surface area contributed by atoms with E-state index in [4.69, 9.17) is 17.3 Å². The summed E-state index contributed by atoms with van der Waals surface area (Å²) in [6, 6.07) is 3.67. The number of aromatic nitrogens is 3. The minimum absolute atomic E-state index is 0.223. The van der Waals surface area contributed by atoms with Gasteiger partial charge in [0.05, 0.1) is 5.69 Å². The van der Waals surface area contributed by atoms with Crippen LogP contribution in [-0.4, -0.2) is 52.3 Å². The summed E-state index contributed by atoms with van der Waals surface area (Å²) < 4.78 is 0. The lowest BCUT2D eigenvalue weighted by Crippen LogP contribution is -2.44. The number of hydrogen-bond donors (Lipinski definition) is 2. The molecular weight excluding hydrogens is 350 g/mol. The molecule has 0 bridgehead atoms. The van der Waals surface area contributed by atoms with Crippen molar-refractivity contribution in [3.05, 3.63) is 23.5 Å². The molecule has 2 aromatic heterocycles. The van der Waals surface area contributed by atoms with E-state index in [0.29, 0.717) is 22.4 Å². The van der Waals surface area contributed by atoms with Crippen molar-refractivity contribution in [1.29, 1.82) is 0 Å². The first kappa shape index (κ1) is 18.5. The first-order valence-corrected chi connectivity index (χ1v) is 9.01. The van der Waals surface area contributed by atoms with E-state index in [9.17, 15) is 0 Å². The number of likely N-dealkylation sites (tertiary alicyclic amines) is 1. The number of aromatic amines is 1. The molecule has 138 valence electrons. The topological polar surface area (TPSA) is 95.5 Å². The largest absolute Gasteiger partial charge is 0.360 e. The number of piperidine rings is 1. The molecule has 1 saturated heterocycles. The van der Waals surface area contributed by atoms with Crippen LogP contribution in [0.1, 0.15) is 26.7 Å². The molecule has 1 fully saturated rings. The van der Waals surface area contributed by atoms with Crippen molar-refractivity contribution in [3.8, 4) is 11.3 Å². The number of rotatable bonds is 4. The van der Waals surface area contributed by atoms with Crippen LogP contribution in [-0.2, 0) is 0 Å². The molecule has 7 nitrogen and oxygen atoms in total. The SMILES string of the molecule is C=Nc1c(N=C(C)N2CCC(C)(CN)CC2)n[nH]c1-c1cccnc1Cl. The van der Waals surface area contributed by atoms with Crippen LogP contribution in [0.15, 0.2) is 28.3 Å². The van der Waals surface area contributed by atoms with Crippen LogP contribution < -0.4 is 5.73 Å². The van der Waals surface area contributed by atoms with Crippen LogP contribution in [0.4, 0.5) is 11.5 Å². The van der Waals surface area contributed by atoms with Gasteiger partial charge in [-0.2, -0.15) is 5.10 Å². The summed E-state index contributed by atoms with van der Waals surface area (Å²) in [6.45, 7) is 10.5. The molecule has 0 radical (unpaired) electrons. The molecule has 0 atom stereocenters. The van der Waals surface area contributed by atoms with E-state index in [1.165, 1.54) is 0 Å². The molecule has 26 heavy (non-hydrogen) atoms. The maximum atomic E-state index is 6.19. The van der Waals surface area contributed by atoms with Gasteiger partial charge in [-0.25, -0.2) is 9.98 Å². The summed E-state index contributed by atoms with van der Waals surface area (Å²) in [5.74, 6) is 1.41. The Kier molecular flexibility index (Phi) is 5.38. The highest BCUT2D eigenvalue weighted by Crippen LogP contribution is 2.38. The highest BCUT2D eigenvalue weighted by molar-refractivity contribution is 6.32. The molecule has 3 rings (SSSR count). The fourth-order valence-electron chi connectivity index (χ4n) is 3.11. The van der Waals surface area contributed by atoms with Crippen molar-refractivity contribution in [2.24, 2.45) is 21.1 Å². The lowest BCUT2D eigenvalue weighted by molar-refractivity contribution is 0.175. The molecule has 8 heteroatoms. The fraction of sp³-hybridized carbons (Fsp3) is 0.444. The number of pyridine rings is 1. The van der Waals surface area contributed by atoms with Crippen LogP contribution in [0.5, 0.6) is 0 Å². The smallest absolute Gasteiger partial charge is 0.201 e. The molecule has 0 amide bonds. The average Bonchev–Trinajstić information content (AvgIpc) is 3.05. The Hall–Kier alpha value is -2.25. The summed E-state index contributed by atoms with van der Waals surface area (Å²) in [5, 5.41) is 7.65. The van der Waals surface area contributed by atoms with Crippen molar-refractivity contribution in [2.45, 2.75) is 26.7 Å². The highest BCUT2D eigenvalue weighted by Gasteiger charge is 2.29. The normalized spacial score (nSPS) is 17.4. The van der Waals surface area contributed by atoms with E-state index in [1.54, 1.807) is 6.20 Å². The van der Waals surface area contributed by atoms with Gasteiger partial charge in [0.15, 0.2) is 0 Å². The Bertz CT molecular complexity index is 819. The van der Waals surface area contributed by atoms with Gasteiger partial charge in [0.25, 0.3) is 0 Å². The molecule has 2 aromatic rings. The average molecular weight is 374 g/mol. The van der Waals surface area contributed by atoms with Crippen molar-refractivity contribution in [1.82, 2.24) is 20.1 Å². The molecule has 0 aromatic carbocycles. The zero-order valence-electron chi connectivity index (χ0n) is 15.2. The number of amidine groups is 1. The zero-order valence-corrected chi connectivity index (χ0v) is 15.9. The minimum atomic E-state index is 0.223. The van der Waals surface area contributed by atoms with E-state index in [2.05, 4.69) is 43.7 Å². The maximum absolute atomic E-state index is 6.19.